The number of hydrogen-bond acceptors (Lipinski definition) is 5. The molecule has 1 saturated carbocycles. The standard InChI is InChI=1S/C25H34N4O2S/c1-25(2,3)29-32-20-14-12-19(13-15-20)27-24(31)22(17-18-9-5-4-6-10-18)28-23(30)21-11-7-8-16-26-21/h7-8,11-16,18,22,29H,4-6,9-10,17H2,1-3H3,(H,27,31)(H,28,30). The van der Waals surface area contributed by atoms with Crippen LogP contribution in [0.5, 0.6) is 0 Å². The maximum Gasteiger partial charge on any atom is 0.270 e. The largest absolute Gasteiger partial charge is 0.339 e. The Kier molecular flexibility index (Phi) is 8.70. The molecule has 0 bridgehead atoms. The lowest BCUT2D eigenvalue weighted by Crippen LogP contribution is -2.45. The summed E-state index contributed by atoms with van der Waals surface area (Å²) in [6.45, 7) is 6.33. The van der Waals surface area contributed by atoms with Crippen molar-refractivity contribution in [3.05, 3.63) is 54.4 Å². The molecular weight excluding hydrogens is 420 g/mol. The Morgan fingerprint density at radius 2 is 1.78 bits per heavy atom. The van der Waals surface area contributed by atoms with Gasteiger partial charge in [-0.05, 0) is 81.5 Å². The lowest BCUT2D eigenvalue weighted by molar-refractivity contribution is -0.118. The Morgan fingerprint density at radius 1 is 1.06 bits per heavy atom. The second-order valence-corrected chi connectivity index (χ2v) is 10.3. The highest BCUT2D eigenvalue weighted by Gasteiger charge is 2.26. The SMILES string of the molecule is CC(C)(C)NSc1ccc(NC(=O)C(CC2CCCCC2)NC(=O)c2ccccn2)cc1. The first-order valence-electron chi connectivity index (χ1n) is 11.4. The van der Waals surface area contributed by atoms with Crippen LogP contribution in [0.3, 0.4) is 0 Å². The second-order valence-electron chi connectivity index (χ2n) is 9.45. The highest BCUT2D eigenvalue weighted by Crippen LogP contribution is 2.28. The van der Waals surface area contributed by atoms with E-state index in [1.165, 1.54) is 19.3 Å². The maximum atomic E-state index is 13.1. The minimum absolute atomic E-state index is 0.00963. The van der Waals surface area contributed by atoms with Gasteiger partial charge in [-0.2, -0.15) is 0 Å². The molecule has 1 aromatic carbocycles. The summed E-state index contributed by atoms with van der Waals surface area (Å²) in [5.74, 6) is -0.0552. The molecule has 32 heavy (non-hydrogen) atoms. The van der Waals surface area contributed by atoms with Crippen molar-refractivity contribution in [2.75, 3.05) is 5.32 Å². The molecule has 0 radical (unpaired) electrons. The molecular formula is C25H34N4O2S. The van der Waals surface area contributed by atoms with Crippen LogP contribution in [0.4, 0.5) is 5.69 Å². The molecule has 1 aliphatic rings. The number of pyridine rings is 1. The minimum Gasteiger partial charge on any atom is -0.339 e. The van der Waals surface area contributed by atoms with E-state index in [4.69, 9.17) is 0 Å². The summed E-state index contributed by atoms with van der Waals surface area (Å²) >= 11 is 1.56. The molecule has 1 unspecified atom stereocenters. The summed E-state index contributed by atoms with van der Waals surface area (Å²) in [6.07, 6.45) is 8.07. The van der Waals surface area contributed by atoms with Crippen molar-refractivity contribution < 1.29 is 9.59 Å². The number of rotatable bonds is 8. The van der Waals surface area contributed by atoms with Crippen LogP contribution in [0.2, 0.25) is 0 Å². The predicted molar refractivity (Wildman–Crippen MR) is 131 cm³/mol. The third kappa shape index (κ3) is 7.95. The van der Waals surface area contributed by atoms with Gasteiger partial charge in [-0.15, -0.1) is 0 Å². The van der Waals surface area contributed by atoms with Crippen molar-refractivity contribution in [1.82, 2.24) is 15.0 Å². The molecule has 0 saturated heterocycles. The molecule has 1 aliphatic carbocycles. The number of carbonyl (C=O) groups excluding carboxylic acids is 2. The average Bonchev–Trinajstić information content (AvgIpc) is 2.79. The lowest BCUT2D eigenvalue weighted by atomic mass is 9.84. The number of benzene rings is 1. The fourth-order valence-electron chi connectivity index (χ4n) is 3.76. The number of nitrogens with zero attached hydrogens (tertiary/aromatic N) is 1. The molecule has 1 atom stereocenters. The molecule has 3 N–H and O–H groups in total. The molecule has 1 aromatic heterocycles. The third-order valence-corrected chi connectivity index (χ3v) is 6.63. The van der Waals surface area contributed by atoms with Crippen LogP contribution in [-0.4, -0.2) is 28.4 Å². The van der Waals surface area contributed by atoms with Crippen LogP contribution in [0, 0.1) is 5.92 Å². The van der Waals surface area contributed by atoms with Crippen molar-refractivity contribution in [2.45, 2.75) is 75.8 Å². The molecule has 0 aliphatic heterocycles. The Labute approximate surface area is 195 Å². The van der Waals surface area contributed by atoms with Gasteiger partial charge in [-0.3, -0.25) is 19.3 Å². The van der Waals surface area contributed by atoms with Crippen LogP contribution in [0.25, 0.3) is 0 Å². The Morgan fingerprint density at radius 3 is 2.41 bits per heavy atom. The van der Waals surface area contributed by atoms with Gasteiger partial charge < -0.3 is 10.6 Å². The number of anilines is 1. The van der Waals surface area contributed by atoms with Crippen molar-refractivity contribution in [2.24, 2.45) is 5.92 Å². The third-order valence-electron chi connectivity index (χ3n) is 5.41. The number of nitrogens with one attached hydrogen (secondary N) is 3. The Balaban J connectivity index is 1.65. The van der Waals surface area contributed by atoms with E-state index < -0.39 is 6.04 Å². The van der Waals surface area contributed by atoms with Crippen molar-refractivity contribution >= 4 is 29.4 Å². The normalized spacial score (nSPS) is 15.7. The van der Waals surface area contributed by atoms with Gasteiger partial charge in [0.2, 0.25) is 5.91 Å². The number of hydrogen-bond donors (Lipinski definition) is 3. The van der Waals surface area contributed by atoms with Gasteiger partial charge in [0.15, 0.2) is 0 Å². The summed E-state index contributed by atoms with van der Waals surface area (Å²) in [7, 11) is 0. The number of carbonyl (C=O) groups is 2. The highest BCUT2D eigenvalue weighted by molar-refractivity contribution is 7.97. The quantitative estimate of drug-likeness (QED) is 0.479. The summed E-state index contributed by atoms with van der Waals surface area (Å²) in [5.41, 5.74) is 1.05. The van der Waals surface area contributed by atoms with Crippen molar-refractivity contribution in [3.8, 4) is 0 Å². The zero-order valence-corrected chi connectivity index (χ0v) is 20.0. The minimum atomic E-state index is -0.593. The molecule has 2 aromatic rings. The first-order chi connectivity index (χ1) is 15.3. The molecule has 0 spiro atoms. The van der Waals surface area contributed by atoms with E-state index in [0.717, 1.165) is 23.4 Å². The second kappa shape index (κ2) is 11.5. The molecule has 1 heterocycles. The van der Waals surface area contributed by atoms with E-state index in [1.54, 1.807) is 36.3 Å². The van der Waals surface area contributed by atoms with E-state index in [1.807, 2.05) is 24.3 Å². The molecule has 3 rings (SSSR count). The van der Waals surface area contributed by atoms with Gasteiger partial charge in [-0.25, -0.2) is 0 Å². The van der Waals surface area contributed by atoms with Crippen molar-refractivity contribution in [3.63, 3.8) is 0 Å². The highest BCUT2D eigenvalue weighted by atomic mass is 32.2. The van der Waals surface area contributed by atoms with E-state index >= 15 is 0 Å². The molecule has 172 valence electrons. The monoisotopic (exact) mass is 454 g/mol. The maximum absolute atomic E-state index is 13.1. The van der Waals surface area contributed by atoms with E-state index in [9.17, 15) is 9.59 Å². The van der Waals surface area contributed by atoms with Crippen LogP contribution in [0.15, 0.2) is 53.6 Å². The topological polar surface area (TPSA) is 83.1 Å². The van der Waals surface area contributed by atoms with E-state index in [2.05, 4.69) is 41.1 Å². The molecule has 2 amide bonds. The van der Waals surface area contributed by atoms with Gasteiger partial charge in [0, 0.05) is 22.3 Å². The summed E-state index contributed by atoms with van der Waals surface area (Å²) in [6, 6.07) is 12.3. The smallest absolute Gasteiger partial charge is 0.270 e. The molecule has 6 nitrogen and oxygen atoms in total. The fourth-order valence-corrected chi connectivity index (χ4v) is 4.46. The van der Waals surface area contributed by atoms with Crippen LogP contribution >= 0.6 is 11.9 Å². The number of amides is 2. The van der Waals surface area contributed by atoms with E-state index in [-0.39, 0.29) is 17.4 Å². The Bertz CT molecular complexity index is 875. The molecule has 1 fully saturated rings. The summed E-state index contributed by atoms with van der Waals surface area (Å²) in [5, 5.41) is 5.91. The van der Waals surface area contributed by atoms with Gasteiger partial charge in [0.1, 0.15) is 11.7 Å². The Hall–Kier alpha value is -2.38. The first-order valence-corrected chi connectivity index (χ1v) is 12.2. The van der Waals surface area contributed by atoms with Crippen molar-refractivity contribution in [1.29, 1.82) is 0 Å². The summed E-state index contributed by atoms with van der Waals surface area (Å²) < 4.78 is 3.38. The first kappa shape index (κ1) is 24.3. The van der Waals surface area contributed by atoms with Gasteiger partial charge >= 0.3 is 0 Å². The van der Waals surface area contributed by atoms with Gasteiger partial charge in [-0.1, -0.05) is 38.2 Å². The van der Waals surface area contributed by atoms with E-state index in [0.29, 0.717) is 18.0 Å². The lowest BCUT2D eigenvalue weighted by Gasteiger charge is -2.26. The zero-order chi connectivity index (χ0) is 23.0. The van der Waals surface area contributed by atoms with Gasteiger partial charge in [0.25, 0.3) is 5.91 Å². The zero-order valence-electron chi connectivity index (χ0n) is 19.2. The van der Waals surface area contributed by atoms with Crippen LogP contribution < -0.4 is 15.4 Å². The fraction of sp³-hybridized carbons (Fsp3) is 0.480. The average molecular weight is 455 g/mol. The molecule has 7 heteroatoms. The van der Waals surface area contributed by atoms with Crippen LogP contribution in [-0.2, 0) is 4.79 Å². The summed E-state index contributed by atoms with van der Waals surface area (Å²) in [4.78, 5) is 31.0. The number of aromatic nitrogens is 1. The predicted octanol–water partition coefficient (Wildman–Crippen LogP) is 5.18. The van der Waals surface area contributed by atoms with Crippen LogP contribution in [0.1, 0.15) is 69.8 Å². The van der Waals surface area contributed by atoms with Gasteiger partial charge in [0.05, 0.1) is 0 Å².